The van der Waals surface area contributed by atoms with Crippen molar-refractivity contribution in [2.45, 2.75) is 6.42 Å². The van der Waals surface area contributed by atoms with Crippen LogP contribution in [0.2, 0.25) is 0 Å². The van der Waals surface area contributed by atoms with Gasteiger partial charge in [0.25, 0.3) is 0 Å². The van der Waals surface area contributed by atoms with E-state index in [1.807, 2.05) is 60.5 Å². The van der Waals surface area contributed by atoms with E-state index in [-0.39, 0.29) is 6.42 Å². The number of rotatable bonds is 13. The highest BCUT2D eigenvalue weighted by molar-refractivity contribution is 5.86. The first-order chi connectivity index (χ1) is 19.0. The number of aliphatic carboxylic acids is 1. The Morgan fingerprint density at radius 2 is 1.51 bits per heavy atom. The minimum absolute atomic E-state index is 0.0607. The number of nitrogens with zero attached hydrogens (tertiary/aromatic N) is 3. The van der Waals surface area contributed by atoms with Crippen molar-refractivity contribution in [1.82, 2.24) is 9.97 Å². The molecule has 1 N–H and O–H groups in total. The van der Waals surface area contributed by atoms with E-state index in [4.69, 9.17) is 28.2 Å². The number of carbonyl (C=O) groups is 1. The van der Waals surface area contributed by atoms with E-state index in [1.165, 1.54) is 0 Å². The van der Waals surface area contributed by atoms with Crippen LogP contribution in [0.4, 0.5) is 5.69 Å². The van der Waals surface area contributed by atoms with Crippen LogP contribution >= 0.6 is 0 Å². The van der Waals surface area contributed by atoms with Crippen molar-refractivity contribution in [3.63, 3.8) is 0 Å². The summed E-state index contributed by atoms with van der Waals surface area (Å²) in [6, 6.07) is 15.3. The molecule has 0 aliphatic carbocycles. The van der Waals surface area contributed by atoms with Crippen molar-refractivity contribution in [3.8, 4) is 28.7 Å². The Kier molecular flexibility index (Phi) is 8.04. The van der Waals surface area contributed by atoms with Gasteiger partial charge in [-0.1, -0.05) is 0 Å². The average molecular weight is 532 g/mol. The summed E-state index contributed by atoms with van der Waals surface area (Å²) in [5, 5.41) is 10.8. The summed E-state index contributed by atoms with van der Waals surface area (Å²) in [6.45, 7) is 2.40. The molecule has 5 aromatic rings. The van der Waals surface area contributed by atoms with Crippen molar-refractivity contribution >= 4 is 33.6 Å². The number of anilines is 1. The number of aromatic nitrogens is 2. The van der Waals surface area contributed by atoms with Gasteiger partial charge in [-0.2, -0.15) is 0 Å². The summed E-state index contributed by atoms with van der Waals surface area (Å²) in [5.41, 5.74) is 3.44. The lowest BCUT2D eigenvalue weighted by atomic mass is 10.2. The molecule has 0 radical (unpaired) electrons. The minimum atomic E-state index is -0.831. The number of benzene rings is 2. The van der Waals surface area contributed by atoms with E-state index < -0.39 is 5.97 Å². The van der Waals surface area contributed by atoms with Crippen molar-refractivity contribution < 1.29 is 32.9 Å². The zero-order valence-electron chi connectivity index (χ0n) is 21.8. The van der Waals surface area contributed by atoms with E-state index in [0.717, 1.165) is 16.5 Å². The Balaban J connectivity index is 1.26. The maximum atomic E-state index is 10.9. The van der Waals surface area contributed by atoms with E-state index in [9.17, 15) is 4.79 Å². The number of carboxylic acids is 1. The Hall–Kier alpha value is -4.41. The summed E-state index contributed by atoms with van der Waals surface area (Å²) in [6.07, 6.45) is 3.36. The molecule has 10 nitrogen and oxygen atoms in total. The molecule has 0 aliphatic rings. The van der Waals surface area contributed by atoms with Crippen molar-refractivity contribution in [2.24, 2.45) is 0 Å². The van der Waals surface area contributed by atoms with Gasteiger partial charge in [0.05, 0.1) is 38.6 Å². The number of hydrogen-bond donors (Lipinski definition) is 1. The Morgan fingerprint density at radius 3 is 2.15 bits per heavy atom. The quantitative estimate of drug-likeness (QED) is 0.202. The van der Waals surface area contributed by atoms with Gasteiger partial charge in [-0.25, -0.2) is 9.97 Å². The van der Waals surface area contributed by atoms with Gasteiger partial charge < -0.3 is 33.1 Å². The fourth-order valence-corrected chi connectivity index (χ4v) is 4.05. The van der Waals surface area contributed by atoms with Gasteiger partial charge in [-0.15, -0.1) is 0 Å². The number of ether oxygens (including phenoxy) is 3. The van der Waals surface area contributed by atoms with Gasteiger partial charge in [-0.3, -0.25) is 4.79 Å². The van der Waals surface area contributed by atoms with Gasteiger partial charge in [0.2, 0.25) is 0 Å². The fourth-order valence-electron chi connectivity index (χ4n) is 4.05. The second-order valence-corrected chi connectivity index (χ2v) is 8.95. The number of carboxylic acid groups (broad SMARTS) is 1. The lowest BCUT2D eigenvalue weighted by molar-refractivity contribution is -0.136. The fraction of sp³-hybridized carbons (Fsp3) is 0.276. The Morgan fingerprint density at radius 1 is 0.872 bits per heavy atom. The Bertz CT molecular complexity index is 1560. The van der Waals surface area contributed by atoms with Crippen molar-refractivity contribution in [2.75, 3.05) is 52.0 Å². The molecule has 39 heavy (non-hydrogen) atoms. The second-order valence-electron chi connectivity index (χ2n) is 8.95. The highest BCUT2D eigenvalue weighted by Gasteiger charge is 2.13. The highest BCUT2D eigenvalue weighted by atomic mass is 16.5. The Labute approximate surface area is 224 Å². The van der Waals surface area contributed by atoms with Gasteiger partial charge in [-0.05, 0) is 36.4 Å². The van der Waals surface area contributed by atoms with Crippen LogP contribution in [0, 0.1) is 0 Å². The van der Waals surface area contributed by atoms with Crippen LogP contribution < -0.4 is 9.64 Å². The molecule has 0 saturated heterocycles. The van der Waals surface area contributed by atoms with Crippen LogP contribution in [-0.2, 0) is 14.3 Å². The molecule has 2 aromatic carbocycles. The molecule has 5 rings (SSSR count). The molecule has 0 spiro atoms. The molecule has 3 aromatic heterocycles. The van der Waals surface area contributed by atoms with E-state index in [2.05, 4.69) is 9.97 Å². The van der Waals surface area contributed by atoms with Crippen LogP contribution in [-0.4, -0.2) is 68.2 Å². The number of furan rings is 2. The van der Waals surface area contributed by atoms with Gasteiger partial charge in [0.1, 0.15) is 34.9 Å². The molecule has 10 heteroatoms. The lowest BCUT2D eigenvalue weighted by Gasteiger charge is -2.17. The van der Waals surface area contributed by atoms with Crippen LogP contribution in [0.25, 0.3) is 44.8 Å². The van der Waals surface area contributed by atoms with Crippen LogP contribution in [0.5, 0.6) is 5.75 Å². The van der Waals surface area contributed by atoms with Gasteiger partial charge >= 0.3 is 5.97 Å². The molecule has 0 fully saturated rings. The van der Waals surface area contributed by atoms with Crippen LogP contribution in [0.3, 0.4) is 0 Å². The van der Waals surface area contributed by atoms with E-state index in [1.54, 1.807) is 19.5 Å². The number of fused-ring (bicyclic) bond motifs is 2. The summed E-state index contributed by atoms with van der Waals surface area (Å²) in [7, 11) is 3.49. The molecule has 0 atom stereocenters. The van der Waals surface area contributed by atoms with Gasteiger partial charge in [0, 0.05) is 49.3 Å². The minimum Gasteiger partial charge on any atom is -0.491 e. The third kappa shape index (κ3) is 6.36. The van der Waals surface area contributed by atoms with E-state index >= 15 is 0 Å². The summed E-state index contributed by atoms with van der Waals surface area (Å²) >= 11 is 0. The topological polar surface area (TPSA) is 120 Å². The summed E-state index contributed by atoms with van der Waals surface area (Å²) in [4.78, 5) is 21.8. The molecule has 202 valence electrons. The maximum Gasteiger partial charge on any atom is 0.305 e. The number of hydrogen-bond acceptors (Lipinski definition) is 9. The average Bonchev–Trinajstić information content (AvgIpc) is 3.57. The third-order valence-electron chi connectivity index (χ3n) is 6.18. The summed E-state index contributed by atoms with van der Waals surface area (Å²) < 4.78 is 28.2. The zero-order valence-corrected chi connectivity index (χ0v) is 21.8. The normalized spacial score (nSPS) is 11.3. The SMILES string of the molecule is COCCOCCOc1ccc2cc(-c3cnc(-c4cc5ccc(N(C)CCC(=O)O)cc5o4)cn3)oc2c1. The van der Waals surface area contributed by atoms with E-state index in [0.29, 0.717) is 72.8 Å². The van der Waals surface area contributed by atoms with Gasteiger partial charge in [0.15, 0.2) is 11.5 Å². The lowest BCUT2D eigenvalue weighted by Crippen LogP contribution is -2.20. The van der Waals surface area contributed by atoms with Crippen molar-refractivity contribution in [1.29, 1.82) is 0 Å². The van der Waals surface area contributed by atoms with Crippen LogP contribution in [0.1, 0.15) is 6.42 Å². The molecular formula is C29H29N3O7. The van der Waals surface area contributed by atoms with Crippen LogP contribution in [0.15, 0.2) is 69.8 Å². The molecule has 0 bridgehead atoms. The highest BCUT2D eigenvalue weighted by Crippen LogP contribution is 2.32. The third-order valence-corrected chi connectivity index (χ3v) is 6.18. The predicted octanol–water partition coefficient (Wildman–Crippen LogP) is 5.26. The molecule has 0 unspecified atom stereocenters. The molecule has 0 aliphatic heterocycles. The molecular weight excluding hydrogens is 502 g/mol. The first-order valence-electron chi connectivity index (χ1n) is 12.5. The largest absolute Gasteiger partial charge is 0.491 e. The zero-order chi connectivity index (χ0) is 27.2. The first-order valence-corrected chi connectivity index (χ1v) is 12.5. The monoisotopic (exact) mass is 531 g/mol. The molecule has 3 heterocycles. The molecule has 0 amide bonds. The maximum absolute atomic E-state index is 10.9. The predicted molar refractivity (Wildman–Crippen MR) is 146 cm³/mol. The standard InChI is InChI=1S/C29H29N3O7/c1-32(8-7-29(33)34)21-5-3-19-13-27(38-25(19)15-21)23-17-31-24(18-30-23)28-14-20-4-6-22(16-26(20)39-28)37-12-11-36-10-9-35-2/h3-6,13-18H,7-12H2,1-2H3,(H,33,34). The molecule has 0 saturated carbocycles. The number of methoxy groups -OCH3 is 1. The second kappa shape index (κ2) is 12.0. The smallest absolute Gasteiger partial charge is 0.305 e. The first kappa shape index (κ1) is 26.2. The van der Waals surface area contributed by atoms with Crippen molar-refractivity contribution in [3.05, 3.63) is 60.9 Å². The summed E-state index contributed by atoms with van der Waals surface area (Å²) in [5.74, 6) is 1.05.